The molecule has 3 N–H and O–H groups in total. The molecule has 0 bridgehead atoms. The number of aromatic nitrogens is 2. The summed E-state index contributed by atoms with van der Waals surface area (Å²) in [5, 5.41) is 2.55. The Balaban J connectivity index is 2.40. The summed E-state index contributed by atoms with van der Waals surface area (Å²) in [5.74, 6) is 0.486. The zero-order valence-corrected chi connectivity index (χ0v) is 9.65. The first-order chi connectivity index (χ1) is 7.37. The van der Waals surface area contributed by atoms with Crippen molar-refractivity contribution in [3.05, 3.63) is 18.2 Å². The summed E-state index contributed by atoms with van der Waals surface area (Å²) in [6, 6.07) is 0. The number of amides is 1. The number of hydrogen-bond acceptors (Lipinski definition) is 5. The monoisotopic (exact) mass is 224 g/mol. The fraction of sp³-hybridized carbons (Fsp3) is 0.500. The fourth-order valence-corrected chi connectivity index (χ4v) is 0.921. The van der Waals surface area contributed by atoms with E-state index in [9.17, 15) is 4.79 Å². The van der Waals surface area contributed by atoms with Crippen molar-refractivity contribution >= 4 is 11.8 Å². The van der Waals surface area contributed by atoms with Crippen LogP contribution in [-0.4, -0.2) is 21.7 Å². The van der Waals surface area contributed by atoms with Gasteiger partial charge in [-0.15, -0.1) is 0 Å². The van der Waals surface area contributed by atoms with Crippen molar-refractivity contribution in [3.8, 4) is 0 Å². The SMILES string of the molecule is CC(C)(C)OC(=O)NCc1ncc(N)cn1. The van der Waals surface area contributed by atoms with Gasteiger partial charge in [0.25, 0.3) is 0 Å². The Morgan fingerprint density at radius 2 is 2.00 bits per heavy atom. The van der Waals surface area contributed by atoms with E-state index in [2.05, 4.69) is 15.3 Å². The van der Waals surface area contributed by atoms with Crippen LogP contribution in [0.5, 0.6) is 0 Å². The van der Waals surface area contributed by atoms with E-state index < -0.39 is 11.7 Å². The van der Waals surface area contributed by atoms with Gasteiger partial charge in [0.2, 0.25) is 0 Å². The Labute approximate surface area is 94.2 Å². The minimum atomic E-state index is -0.508. The van der Waals surface area contributed by atoms with Gasteiger partial charge in [-0.3, -0.25) is 0 Å². The predicted octanol–water partition coefficient (Wildman–Crippen LogP) is 1.08. The number of hydrogen-bond donors (Lipinski definition) is 2. The summed E-state index contributed by atoms with van der Waals surface area (Å²) in [6.45, 7) is 5.61. The van der Waals surface area contributed by atoms with Crippen LogP contribution < -0.4 is 11.1 Å². The van der Waals surface area contributed by atoms with E-state index in [1.807, 2.05) is 0 Å². The quantitative estimate of drug-likeness (QED) is 0.784. The number of alkyl carbamates (subject to hydrolysis) is 1. The molecule has 1 aromatic rings. The third kappa shape index (κ3) is 4.59. The van der Waals surface area contributed by atoms with Gasteiger partial charge in [-0.1, -0.05) is 0 Å². The number of nitrogens with two attached hydrogens (primary N) is 1. The van der Waals surface area contributed by atoms with Gasteiger partial charge < -0.3 is 15.8 Å². The van der Waals surface area contributed by atoms with Crippen molar-refractivity contribution in [3.63, 3.8) is 0 Å². The minimum absolute atomic E-state index is 0.217. The van der Waals surface area contributed by atoms with E-state index in [1.165, 1.54) is 12.4 Å². The molecular weight excluding hydrogens is 208 g/mol. The van der Waals surface area contributed by atoms with Crippen LogP contribution in [0.25, 0.3) is 0 Å². The number of ether oxygens (including phenoxy) is 1. The molecule has 0 aromatic carbocycles. The average Bonchev–Trinajstić information content (AvgIpc) is 2.14. The lowest BCUT2D eigenvalue weighted by Gasteiger charge is -2.19. The Hall–Kier alpha value is -1.85. The minimum Gasteiger partial charge on any atom is -0.444 e. The van der Waals surface area contributed by atoms with E-state index in [0.717, 1.165) is 0 Å². The molecule has 0 aliphatic carbocycles. The number of rotatable bonds is 2. The highest BCUT2D eigenvalue weighted by Gasteiger charge is 2.15. The molecule has 0 saturated carbocycles. The number of nitrogens with zero attached hydrogens (tertiary/aromatic N) is 2. The van der Waals surface area contributed by atoms with Gasteiger partial charge in [0.1, 0.15) is 11.4 Å². The molecule has 0 aliphatic rings. The third-order valence-electron chi connectivity index (χ3n) is 1.52. The van der Waals surface area contributed by atoms with Crippen molar-refractivity contribution in [1.29, 1.82) is 0 Å². The van der Waals surface area contributed by atoms with Gasteiger partial charge in [0.15, 0.2) is 0 Å². The smallest absolute Gasteiger partial charge is 0.408 e. The van der Waals surface area contributed by atoms with Gasteiger partial charge in [-0.05, 0) is 20.8 Å². The van der Waals surface area contributed by atoms with E-state index in [4.69, 9.17) is 10.5 Å². The van der Waals surface area contributed by atoms with Gasteiger partial charge in [-0.25, -0.2) is 14.8 Å². The molecule has 0 aliphatic heterocycles. The number of nitrogens with one attached hydrogen (secondary N) is 1. The summed E-state index contributed by atoms with van der Waals surface area (Å²) < 4.78 is 5.05. The normalized spacial score (nSPS) is 10.9. The van der Waals surface area contributed by atoms with Crippen molar-refractivity contribution in [2.75, 3.05) is 5.73 Å². The van der Waals surface area contributed by atoms with E-state index in [-0.39, 0.29) is 6.54 Å². The second-order valence-corrected chi connectivity index (χ2v) is 4.29. The summed E-state index contributed by atoms with van der Waals surface area (Å²) in [6.07, 6.45) is 2.48. The molecule has 6 nitrogen and oxygen atoms in total. The van der Waals surface area contributed by atoms with E-state index >= 15 is 0 Å². The molecule has 0 spiro atoms. The van der Waals surface area contributed by atoms with Gasteiger partial charge in [-0.2, -0.15) is 0 Å². The van der Waals surface area contributed by atoms with Gasteiger partial charge in [0, 0.05) is 0 Å². The Kier molecular flexibility index (Phi) is 3.65. The molecular formula is C10H16N4O2. The zero-order valence-electron chi connectivity index (χ0n) is 9.65. The van der Waals surface area contributed by atoms with Gasteiger partial charge in [0.05, 0.1) is 24.6 Å². The zero-order chi connectivity index (χ0) is 12.2. The topological polar surface area (TPSA) is 90.1 Å². The number of nitrogen functional groups attached to an aromatic ring is 1. The maximum atomic E-state index is 11.3. The Morgan fingerprint density at radius 1 is 1.44 bits per heavy atom. The second kappa shape index (κ2) is 4.78. The van der Waals surface area contributed by atoms with Crippen LogP contribution in [0.1, 0.15) is 26.6 Å². The lowest BCUT2D eigenvalue weighted by atomic mass is 10.2. The van der Waals surface area contributed by atoms with Crippen LogP contribution in [0.15, 0.2) is 12.4 Å². The standard InChI is InChI=1S/C10H16N4O2/c1-10(2,3)16-9(15)14-6-8-12-4-7(11)5-13-8/h4-5H,6,11H2,1-3H3,(H,14,15). The van der Waals surface area contributed by atoms with Crippen LogP contribution >= 0.6 is 0 Å². The predicted molar refractivity (Wildman–Crippen MR) is 59.5 cm³/mol. The van der Waals surface area contributed by atoms with Crippen molar-refractivity contribution in [1.82, 2.24) is 15.3 Å². The highest BCUT2D eigenvalue weighted by Crippen LogP contribution is 2.06. The molecule has 88 valence electrons. The molecule has 16 heavy (non-hydrogen) atoms. The maximum absolute atomic E-state index is 11.3. The van der Waals surface area contributed by atoms with Crippen molar-refractivity contribution in [2.45, 2.75) is 32.9 Å². The number of anilines is 1. The number of carbonyl (C=O) groups is 1. The summed E-state index contributed by atoms with van der Waals surface area (Å²) in [5.41, 5.74) is 5.41. The van der Waals surface area contributed by atoms with Crippen LogP contribution in [0.4, 0.5) is 10.5 Å². The molecule has 0 radical (unpaired) electrons. The molecule has 6 heteroatoms. The average molecular weight is 224 g/mol. The van der Waals surface area contributed by atoms with Crippen LogP contribution in [0.3, 0.4) is 0 Å². The molecule has 1 amide bonds. The first kappa shape index (κ1) is 12.2. The molecule has 1 aromatic heterocycles. The Morgan fingerprint density at radius 3 is 2.50 bits per heavy atom. The fourth-order valence-electron chi connectivity index (χ4n) is 0.921. The molecule has 0 atom stereocenters. The van der Waals surface area contributed by atoms with Gasteiger partial charge >= 0.3 is 6.09 Å². The van der Waals surface area contributed by atoms with Crippen LogP contribution in [0, 0.1) is 0 Å². The van der Waals surface area contributed by atoms with E-state index in [0.29, 0.717) is 11.5 Å². The molecule has 0 fully saturated rings. The largest absolute Gasteiger partial charge is 0.444 e. The molecule has 1 rings (SSSR count). The summed E-state index contributed by atoms with van der Waals surface area (Å²) >= 11 is 0. The lowest BCUT2D eigenvalue weighted by molar-refractivity contribution is 0.0522. The second-order valence-electron chi connectivity index (χ2n) is 4.29. The Bertz CT molecular complexity index is 356. The molecule has 0 unspecified atom stereocenters. The third-order valence-corrected chi connectivity index (χ3v) is 1.52. The summed E-state index contributed by atoms with van der Waals surface area (Å²) in [4.78, 5) is 19.2. The highest BCUT2D eigenvalue weighted by atomic mass is 16.6. The maximum Gasteiger partial charge on any atom is 0.408 e. The molecule has 0 saturated heterocycles. The number of carbonyl (C=O) groups excluding carboxylic acids is 1. The van der Waals surface area contributed by atoms with Crippen LogP contribution in [0.2, 0.25) is 0 Å². The van der Waals surface area contributed by atoms with Crippen LogP contribution in [-0.2, 0) is 11.3 Å². The van der Waals surface area contributed by atoms with Crippen molar-refractivity contribution < 1.29 is 9.53 Å². The van der Waals surface area contributed by atoms with E-state index in [1.54, 1.807) is 20.8 Å². The first-order valence-corrected chi connectivity index (χ1v) is 4.90. The highest BCUT2D eigenvalue weighted by molar-refractivity contribution is 5.67. The molecule has 1 heterocycles. The first-order valence-electron chi connectivity index (χ1n) is 4.90. The lowest BCUT2D eigenvalue weighted by Crippen LogP contribution is -2.32. The van der Waals surface area contributed by atoms with Crippen molar-refractivity contribution in [2.24, 2.45) is 0 Å². The summed E-state index contributed by atoms with van der Waals surface area (Å²) in [7, 11) is 0.